The minimum atomic E-state index is -0.412. The number of halogens is 1. The van der Waals surface area contributed by atoms with Gasteiger partial charge in [0.2, 0.25) is 0 Å². The summed E-state index contributed by atoms with van der Waals surface area (Å²) in [6.45, 7) is 5.73. The summed E-state index contributed by atoms with van der Waals surface area (Å²) in [6, 6.07) is 7.46. The first-order valence-electron chi connectivity index (χ1n) is 10.1. The van der Waals surface area contributed by atoms with E-state index in [4.69, 9.17) is 4.74 Å². The lowest BCUT2D eigenvalue weighted by atomic mass is 10.1. The Kier molecular flexibility index (Phi) is 7.63. The third-order valence-electron chi connectivity index (χ3n) is 5.05. The van der Waals surface area contributed by atoms with E-state index in [1.807, 2.05) is 24.3 Å². The van der Waals surface area contributed by atoms with Gasteiger partial charge in [-0.25, -0.2) is 0 Å². The molecule has 0 amide bonds. The molecule has 3 rings (SSSR count). The molecule has 0 saturated heterocycles. The Morgan fingerprint density at radius 1 is 1.34 bits per heavy atom. The van der Waals surface area contributed by atoms with Crippen LogP contribution in [0.5, 0.6) is 5.75 Å². The van der Waals surface area contributed by atoms with Crippen LogP contribution < -0.4 is 4.74 Å². The summed E-state index contributed by atoms with van der Waals surface area (Å²) in [6.07, 6.45) is 5.29. The Labute approximate surface area is 199 Å². The molecule has 7 nitrogen and oxygen atoms in total. The average Bonchev–Trinajstić information content (AvgIpc) is 3.25. The number of aromatic nitrogens is 2. The summed E-state index contributed by atoms with van der Waals surface area (Å²) >= 11 is 5.04. The van der Waals surface area contributed by atoms with Crippen molar-refractivity contribution in [3.05, 3.63) is 77.2 Å². The molecule has 0 spiro atoms. The lowest BCUT2D eigenvalue weighted by Gasteiger charge is -2.10. The van der Waals surface area contributed by atoms with Crippen LogP contribution in [0.2, 0.25) is 0 Å². The SMILES string of the molecule is CCCc1sc(C(=O)/C=C/c2ccc(OC)c(Cn3nc(C)c([N+](=O)[O-])c3C)c2)cc1Br. The monoisotopic (exact) mass is 517 g/mol. The number of carbonyl (C=O) groups is 1. The second kappa shape index (κ2) is 10.2. The third kappa shape index (κ3) is 5.16. The van der Waals surface area contributed by atoms with Crippen LogP contribution in [0.25, 0.3) is 6.08 Å². The first kappa shape index (κ1) is 23.9. The zero-order valence-electron chi connectivity index (χ0n) is 18.3. The van der Waals surface area contributed by atoms with Gasteiger partial charge in [0, 0.05) is 14.9 Å². The highest BCUT2D eigenvalue weighted by Gasteiger charge is 2.22. The summed E-state index contributed by atoms with van der Waals surface area (Å²) < 4.78 is 8.04. The van der Waals surface area contributed by atoms with E-state index >= 15 is 0 Å². The predicted octanol–water partition coefficient (Wildman–Crippen LogP) is 6.14. The van der Waals surface area contributed by atoms with Gasteiger partial charge in [0.05, 0.1) is 23.5 Å². The van der Waals surface area contributed by atoms with E-state index in [0.29, 0.717) is 28.6 Å². The molecular weight excluding hydrogens is 494 g/mol. The fourth-order valence-corrected chi connectivity index (χ4v) is 5.37. The molecule has 168 valence electrons. The summed E-state index contributed by atoms with van der Waals surface area (Å²) in [5.41, 5.74) is 2.52. The largest absolute Gasteiger partial charge is 0.496 e. The van der Waals surface area contributed by atoms with E-state index < -0.39 is 4.92 Å². The third-order valence-corrected chi connectivity index (χ3v) is 7.23. The maximum atomic E-state index is 12.6. The lowest BCUT2D eigenvalue weighted by Crippen LogP contribution is -2.06. The number of carbonyl (C=O) groups excluding carboxylic acids is 1. The van der Waals surface area contributed by atoms with E-state index in [1.165, 1.54) is 16.2 Å². The Morgan fingerprint density at radius 2 is 2.09 bits per heavy atom. The quantitative estimate of drug-likeness (QED) is 0.147. The molecule has 0 radical (unpaired) electrons. The van der Waals surface area contributed by atoms with Crippen molar-refractivity contribution in [2.75, 3.05) is 7.11 Å². The number of methoxy groups -OCH3 is 1. The zero-order valence-corrected chi connectivity index (χ0v) is 20.7. The normalized spacial score (nSPS) is 11.3. The first-order valence-corrected chi connectivity index (χ1v) is 11.7. The fourth-order valence-electron chi connectivity index (χ4n) is 3.47. The molecule has 1 aromatic carbocycles. The maximum absolute atomic E-state index is 12.6. The number of ether oxygens (including phenoxy) is 1. The van der Waals surface area contributed by atoms with Crippen molar-refractivity contribution in [3.8, 4) is 5.75 Å². The number of allylic oxidation sites excluding steroid dienone is 1. The van der Waals surface area contributed by atoms with Crippen LogP contribution in [0, 0.1) is 24.0 Å². The van der Waals surface area contributed by atoms with Gasteiger partial charge in [0.15, 0.2) is 5.78 Å². The van der Waals surface area contributed by atoms with Crippen LogP contribution in [-0.4, -0.2) is 27.6 Å². The van der Waals surface area contributed by atoms with Crippen LogP contribution in [0.3, 0.4) is 0 Å². The van der Waals surface area contributed by atoms with E-state index in [2.05, 4.69) is 28.0 Å². The summed E-state index contributed by atoms with van der Waals surface area (Å²) in [4.78, 5) is 25.4. The fraction of sp³-hybridized carbons (Fsp3) is 0.304. The number of hydrogen-bond donors (Lipinski definition) is 0. The van der Waals surface area contributed by atoms with Crippen LogP contribution in [0.1, 0.15) is 50.4 Å². The number of ketones is 1. The highest BCUT2D eigenvalue weighted by Crippen LogP contribution is 2.30. The van der Waals surface area contributed by atoms with Crippen molar-refractivity contribution in [3.63, 3.8) is 0 Å². The molecular formula is C23H24BrN3O4S. The van der Waals surface area contributed by atoms with Gasteiger partial charge >= 0.3 is 5.69 Å². The maximum Gasteiger partial charge on any atom is 0.312 e. The van der Waals surface area contributed by atoms with Crippen molar-refractivity contribution < 1.29 is 14.5 Å². The minimum Gasteiger partial charge on any atom is -0.496 e. The predicted molar refractivity (Wildman–Crippen MR) is 130 cm³/mol. The van der Waals surface area contributed by atoms with Crippen molar-refractivity contribution in [2.24, 2.45) is 0 Å². The highest BCUT2D eigenvalue weighted by atomic mass is 79.9. The standard InChI is InChI=1S/C23H24BrN3O4S/c1-5-6-21-18(24)12-22(32-21)19(28)9-7-16-8-10-20(31-4)17(11-16)13-26-15(3)23(27(29)30)14(2)25-26/h7-12H,5-6,13H2,1-4H3/b9-7+. The molecule has 0 fully saturated rings. The van der Waals surface area contributed by atoms with Crippen molar-refractivity contribution in [1.82, 2.24) is 9.78 Å². The second-order valence-corrected chi connectivity index (χ2v) is 9.33. The van der Waals surface area contributed by atoms with Gasteiger partial charge in [-0.05, 0) is 66.0 Å². The van der Waals surface area contributed by atoms with Crippen LogP contribution in [0.15, 0.2) is 34.8 Å². The molecule has 0 atom stereocenters. The van der Waals surface area contributed by atoms with Gasteiger partial charge in [0.25, 0.3) is 0 Å². The number of nitrogens with zero attached hydrogens (tertiary/aromatic N) is 3. The minimum absolute atomic E-state index is 0.0233. The van der Waals surface area contributed by atoms with Crippen LogP contribution >= 0.6 is 27.3 Å². The van der Waals surface area contributed by atoms with Crippen LogP contribution in [0.4, 0.5) is 5.69 Å². The Hall–Kier alpha value is -2.78. The number of rotatable bonds is 9. The number of hydrogen-bond acceptors (Lipinski definition) is 6. The van der Waals surface area contributed by atoms with Crippen molar-refractivity contribution in [1.29, 1.82) is 0 Å². The van der Waals surface area contributed by atoms with Crippen molar-refractivity contribution >= 4 is 44.8 Å². The van der Waals surface area contributed by atoms with Gasteiger partial charge in [-0.15, -0.1) is 11.3 Å². The summed E-state index contributed by atoms with van der Waals surface area (Å²) in [7, 11) is 1.57. The molecule has 2 aromatic heterocycles. The molecule has 0 aliphatic rings. The molecule has 0 aliphatic carbocycles. The van der Waals surface area contributed by atoms with E-state index in [-0.39, 0.29) is 11.5 Å². The molecule has 3 aromatic rings. The molecule has 9 heteroatoms. The van der Waals surface area contributed by atoms with E-state index in [1.54, 1.807) is 37.8 Å². The zero-order chi connectivity index (χ0) is 23.4. The number of thiophene rings is 1. The Morgan fingerprint density at radius 3 is 2.72 bits per heavy atom. The highest BCUT2D eigenvalue weighted by molar-refractivity contribution is 9.10. The Bertz CT molecular complexity index is 1200. The number of benzene rings is 1. The topological polar surface area (TPSA) is 87.3 Å². The smallest absolute Gasteiger partial charge is 0.312 e. The van der Waals surface area contributed by atoms with Gasteiger partial charge in [-0.3, -0.25) is 19.6 Å². The lowest BCUT2D eigenvalue weighted by molar-refractivity contribution is -0.386. The molecule has 32 heavy (non-hydrogen) atoms. The first-order chi connectivity index (χ1) is 15.2. The van der Waals surface area contributed by atoms with Crippen LogP contribution in [-0.2, 0) is 13.0 Å². The molecule has 0 saturated carbocycles. The van der Waals surface area contributed by atoms with Gasteiger partial charge in [-0.2, -0.15) is 5.10 Å². The van der Waals surface area contributed by atoms with E-state index in [0.717, 1.165) is 28.4 Å². The average molecular weight is 518 g/mol. The van der Waals surface area contributed by atoms with Gasteiger partial charge in [0.1, 0.15) is 17.1 Å². The molecule has 0 N–H and O–H groups in total. The van der Waals surface area contributed by atoms with Crippen molar-refractivity contribution in [2.45, 2.75) is 40.2 Å². The molecule has 2 heterocycles. The molecule has 0 aliphatic heterocycles. The molecule has 0 bridgehead atoms. The van der Waals surface area contributed by atoms with Gasteiger partial charge < -0.3 is 4.74 Å². The van der Waals surface area contributed by atoms with Gasteiger partial charge in [-0.1, -0.05) is 25.5 Å². The van der Waals surface area contributed by atoms with E-state index in [9.17, 15) is 14.9 Å². The molecule has 0 unspecified atom stereocenters. The number of nitro groups is 1. The summed E-state index contributed by atoms with van der Waals surface area (Å²) in [5.74, 6) is 0.597. The second-order valence-electron chi connectivity index (χ2n) is 7.33. The summed E-state index contributed by atoms with van der Waals surface area (Å²) in [5, 5.41) is 15.6. The Balaban J connectivity index is 1.85. The number of aryl methyl sites for hydroxylation is 2.